The molecule has 0 atom stereocenters. The number of nitrogens with one attached hydrogen (secondary N) is 1. The molecule has 60 valence electrons. The van der Waals surface area contributed by atoms with E-state index in [1.165, 1.54) is 12.3 Å². The summed E-state index contributed by atoms with van der Waals surface area (Å²) < 4.78 is 0. The summed E-state index contributed by atoms with van der Waals surface area (Å²) >= 11 is 0. The average molecular weight is 157 g/mol. The molecule has 1 amide bonds. The van der Waals surface area contributed by atoms with Crippen LogP contribution in [-0.4, -0.2) is 21.4 Å². The zero-order valence-electron chi connectivity index (χ0n) is 5.52. The van der Waals surface area contributed by atoms with E-state index in [1.807, 2.05) is 0 Å². The standard InChI is InChI=1S/C4H4N2O.CH3NO2/c7-4-2-1-3-5-6-4;2-1(3)4/h1-3H,(H,6,7);2H2,(H,3,4). The highest BCUT2D eigenvalue weighted by Gasteiger charge is 1.70. The summed E-state index contributed by atoms with van der Waals surface area (Å²) in [5, 5.41) is 12.9. The molecule has 6 nitrogen and oxygen atoms in total. The third-order valence-corrected chi connectivity index (χ3v) is 0.583. The summed E-state index contributed by atoms with van der Waals surface area (Å²) in [7, 11) is 0. The van der Waals surface area contributed by atoms with Crippen molar-refractivity contribution in [2.45, 2.75) is 0 Å². The van der Waals surface area contributed by atoms with E-state index >= 15 is 0 Å². The van der Waals surface area contributed by atoms with Crippen molar-refractivity contribution in [1.82, 2.24) is 10.2 Å². The smallest absolute Gasteiger partial charge is 0.402 e. The molecule has 0 aromatic carbocycles. The number of aromatic nitrogens is 2. The van der Waals surface area contributed by atoms with E-state index in [2.05, 4.69) is 15.9 Å². The number of rotatable bonds is 0. The van der Waals surface area contributed by atoms with E-state index in [0.717, 1.165) is 0 Å². The fourth-order valence-electron chi connectivity index (χ4n) is 0.312. The lowest BCUT2D eigenvalue weighted by Crippen LogP contribution is -2.03. The molecule has 0 unspecified atom stereocenters. The summed E-state index contributed by atoms with van der Waals surface area (Å²) in [5.74, 6) is 0. The molecule has 0 aliphatic carbocycles. The van der Waals surface area contributed by atoms with Crippen LogP contribution >= 0.6 is 0 Å². The van der Waals surface area contributed by atoms with E-state index in [9.17, 15) is 4.79 Å². The molecule has 1 heterocycles. The summed E-state index contributed by atoms with van der Waals surface area (Å²) in [5.41, 5.74) is 3.86. The summed E-state index contributed by atoms with van der Waals surface area (Å²) in [4.78, 5) is 18.9. The third kappa shape index (κ3) is 8.15. The van der Waals surface area contributed by atoms with E-state index in [4.69, 9.17) is 9.90 Å². The number of nitrogens with two attached hydrogens (primary N) is 1. The lowest BCUT2D eigenvalue weighted by atomic mass is 10.6. The number of aromatic amines is 1. The molecule has 0 saturated heterocycles. The number of amides is 1. The summed E-state index contributed by atoms with van der Waals surface area (Å²) in [6.07, 6.45) is 0.182. The second-order valence-electron chi connectivity index (χ2n) is 1.45. The van der Waals surface area contributed by atoms with Gasteiger partial charge in [0.05, 0.1) is 0 Å². The maximum Gasteiger partial charge on any atom is 0.402 e. The quantitative estimate of drug-likeness (QED) is 0.466. The van der Waals surface area contributed by atoms with Crippen LogP contribution in [0.25, 0.3) is 0 Å². The molecule has 0 saturated carbocycles. The van der Waals surface area contributed by atoms with Gasteiger partial charge < -0.3 is 10.8 Å². The van der Waals surface area contributed by atoms with Gasteiger partial charge in [-0.3, -0.25) is 4.79 Å². The number of hydrogen-bond acceptors (Lipinski definition) is 3. The van der Waals surface area contributed by atoms with E-state index in [0.29, 0.717) is 0 Å². The van der Waals surface area contributed by atoms with Crippen molar-refractivity contribution in [3.8, 4) is 0 Å². The highest BCUT2D eigenvalue weighted by molar-refractivity contribution is 5.61. The van der Waals surface area contributed by atoms with Crippen LogP contribution in [0, 0.1) is 0 Å². The van der Waals surface area contributed by atoms with Crippen molar-refractivity contribution in [2.24, 2.45) is 5.73 Å². The third-order valence-electron chi connectivity index (χ3n) is 0.583. The molecule has 0 bridgehead atoms. The Morgan fingerprint density at radius 3 is 2.45 bits per heavy atom. The van der Waals surface area contributed by atoms with Gasteiger partial charge in [-0.1, -0.05) is 0 Å². The number of carbonyl (C=O) groups is 1. The Balaban J connectivity index is 0.000000218. The van der Waals surface area contributed by atoms with Crippen molar-refractivity contribution in [1.29, 1.82) is 0 Å². The Bertz CT molecular complexity index is 248. The number of H-pyrrole nitrogens is 1. The zero-order valence-corrected chi connectivity index (χ0v) is 5.52. The summed E-state index contributed by atoms with van der Waals surface area (Å²) in [6, 6.07) is 2.99. The number of primary amides is 1. The predicted molar refractivity (Wildman–Crippen MR) is 37.1 cm³/mol. The van der Waals surface area contributed by atoms with Crippen molar-refractivity contribution in [3.05, 3.63) is 28.7 Å². The van der Waals surface area contributed by atoms with Gasteiger partial charge in [-0.15, -0.1) is 0 Å². The lowest BCUT2D eigenvalue weighted by Gasteiger charge is -1.72. The molecule has 1 aromatic rings. The topological polar surface area (TPSA) is 109 Å². The fourth-order valence-corrected chi connectivity index (χ4v) is 0.312. The molecule has 0 spiro atoms. The number of hydrogen-bond donors (Lipinski definition) is 3. The van der Waals surface area contributed by atoms with Gasteiger partial charge in [-0.05, 0) is 6.07 Å². The van der Waals surface area contributed by atoms with E-state index in [1.54, 1.807) is 6.07 Å². The van der Waals surface area contributed by atoms with Crippen LogP contribution in [0.5, 0.6) is 0 Å². The van der Waals surface area contributed by atoms with Crippen molar-refractivity contribution in [2.75, 3.05) is 0 Å². The second-order valence-corrected chi connectivity index (χ2v) is 1.45. The molecular formula is C5H7N3O3. The number of carboxylic acid groups (broad SMARTS) is 1. The van der Waals surface area contributed by atoms with Gasteiger partial charge in [0.1, 0.15) is 0 Å². The number of nitrogens with zero attached hydrogens (tertiary/aromatic N) is 1. The molecular weight excluding hydrogens is 150 g/mol. The highest BCUT2D eigenvalue weighted by Crippen LogP contribution is 1.60. The minimum absolute atomic E-state index is 0.164. The Hall–Kier alpha value is -1.85. The van der Waals surface area contributed by atoms with Gasteiger partial charge in [0.25, 0.3) is 5.56 Å². The van der Waals surface area contributed by atoms with Crippen LogP contribution in [0.15, 0.2) is 23.1 Å². The van der Waals surface area contributed by atoms with Crippen LogP contribution < -0.4 is 11.3 Å². The Labute approximate surface area is 61.7 Å². The first kappa shape index (κ1) is 9.15. The highest BCUT2D eigenvalue weighted by atomic mass is 16.4. The largest absolute Gasteiger partial charge is 0.465 e. The molecule has 1 rings (SSSR count). The van der Waals surface area contributed by atoms with Gasteiger partial charge in [0.15, 0.2) is 0 Å². The minimum Gasteiger partial charge on any atom is -0.465 e. The Kier molecular flexibility index (Phi) is 4.14. The molecule has 0 aliphatic rings. The van der Waals surface area contributed by atoms with E-state index in [-0.39, 0.29) is 5.56 Å². The van der Waals surface area contributed by atoms with Crippen LogP contribution in [-0.2, 0) is 0 Å². The van der Waals surface area contributed by atoms with Gasteiger partial charge >= 0.3 is 6.09 Å². The second kappa shape index (κ2) is 4.98. The van der Waals surface area contributed by atoms with Crippen LogP contribution in [0.1, 0.15) is 0 Å². The first-order chi connectivity index (χ1) is 5.13. The van der Waals surface area contributed by atoms with Gasteiger partial charge in [0, 0.05) is 12.3 Å². The molecule has 0 aliphatic heterocycles. The first-order valence-corrected chi connectivity index (χ1v) is 2.61. The van der Waals surface area contributed by atoms with Crippen molar-refractivity contribution < 1.29 is 9.90 Å². The van der Waals surface area contributed by atoms with E-state index < -0.39 is 6.09 Å². The van der Waals surface area contributed by atoms with Gasteiger partial charge in [-0.25, -0.2) is 9.89 Å². The Morgan fingerprint density at radius 2 is 2.27 bits per heavy atom. The maximum absolute atomic E-state index is 10.2. The Morgan fingerprint density at radius 1 is 1.73 bits per heavy atom. The van der Waals surface area contributed by atoms with Crippen LogP contribution in [0.3, 0.4) is 0 Å². The first-order valence-electron chi connectivity index (χ1n) is 2.61. The molecule has 0 fully saturated rings. The lowest BCUT2D eigenvalue weighted by molar-refractivity contribution is 0.205. The zero-order chi connectivity index (χ0) is 8.69. The molecule has 0 radical (unpaired) electrons. The minimum atomic E-state index is -1.33. The van der Waals surface area contributed by atoms with Crippen molar-refractivity contribution in [3.63, 3.8) is 0 Å². The SMILES string of the molecule is NC(=O)O.O=c1cccn[nH]1. The molecule has 1 aromatic heterocycles. The maximum atomic E-state index is 10.2. The van der Waals surface area contributed by atoms with Gasteiger partial charge in [-0.2, -0.15) is 5.10 Å². The summed E-state index contributed by atoms with van der Waals surface area (Å²) in [6.45, 7) is 0. The monoisotopic (exact) mass is 157 g/mol. The average Bonchev–Trinajstić information content (AvgIpc) is 1.87. The predicted octanol–water partition coefficient (Wildman–Crippen LogP) is -0.607. The van der Waals surface area contributed by atoms with Crippen molar-refractivity contribution >= 4 is 6.09 Å². The molecule has 4 N–H and O–H groups in total. The normalized spacial score (nSPS) is 7.64. The van der Waals surface area contributed by atoms with Gasteiger partial charge in [0.2, 0.25) is 0 Å². The van der Waals surface area contributed by atoms with Crippen LogP contribution in [0.4, 0.5) is 4.79 Å². The fraction of sp³-hybridized carbons (Fsp3) is 0. The molecule has 11 heavy (non-hydrogen) atoms. The molecule has 6 heteroatoms. The van der Waals surface area contributed by atoms with Crippen LogP contribution in [0.2, 0.25) is 0 Å².